The molecule has 0 unspecified atom stereocenters. The number of pyridine rings is 1. The highest BCUT2D eigenvalue weighted by molar-refractivity contribution is 6.35. The van der Waals surface area contributed by atoms with Crippen molar-refractivity contribution in [3.63, 3.8) is 0 Å². The van der Waals surface area contributed by atoms with Gasteiger partial charge in [0.1, 0.15) is 0 Å². The predicted molar refractivity (Wildman–Crippen MR) is 90.3 cm³/mol. The van der Waals surface area contributed by atoms with Gasteiger partial charge in [0, 0.05) is 33.9 Å². The van der Waals surface area contributed by atoms with Crippen molar-refractivity contribution in [2.45, 2.75) is 13.5 Å². The van der Waals surface area contributed by atoms with E-state index in [2.05, 4.69) is 10.3 Å². The van der Waals surface area contributed by atoms with Crippen LogP contribution in [0.25, 0.3) is 10.9 Å². The fourth-order valence-electron chi connectivity index (χ4n) is 2.35. The molecule has 106 valence electrons. The van der Waals surface area contributed by atoms with Crippen LogP contribution in [0.3, 0.4) is 0 Å². The number of anilines is 1. The van der Waals surface area contributed by atoms with Gasteiger partial charge in [0.25, 0.3) is 0 Å². The van der Waals surface area contributed by atoms with E-state index in [0.29, 0.717) is 6.54 Å². The van der Waals surface area contributed by atoms with Gasteiger partial charge >= 0.3 is 0 Å². The predicted octanol–water partition coefficient (Wildman–Crippen LogP) is 5.46. The second kappa shape index (κ2) is 5.92. The van der Waals surface area contributed by atoms with E-state index in [1.807, 2.05) is 49.4 Å². The highest BCUT2D eigenvalue weighted by Gasteiger charge is 2.06. The molecule has 0 radical (unpaired) electrons. The zero-order valence-electron chi connectivity index (χ0n) is 11.5. The number of nitrogens with one attached hydrogen (secondary N) is 1. The van der Waals surface area contributed by atoms with E-state index in [9.17, 15) is 0 Å². The van der Waals surface area contributed by atoms with Gasteiger partial charge in [0.15, 0.2) is 0 Å². The maximum absolute atomic E-state index is 6.21. The summed E-state index contributed by atoms with van der Waals surface area (Å²) in [6, 6.07) is 13.6. The Balaban J connectivity index is 1.90. The number of nitrogens with zero attached hydrogens (tertiary/aromatic N) is 1. The summed E-state index contributed by atoms with van der Waals surface area (Å²) in [5.74, 6) is 0. The van der Waals surface area contributed by atoms with E-state index in [4.69, 9.17) is 23.2 Å². The molecule has 3 rings (SSSR count). The van der Waals surface area contributed by atoms with Crippen LogP contribution >= 0.6 is 23.2 Å². The van der Waals surface area contributed by atoms with E-state index in [1.54, 1.807) is 6.20 Å². The molecule has 21 heavy (non-hydrogen) atoms. The van der Waals surface area contributed by atoms with Crippen molar-refractivity contribution >= 4 is 39.8 Å². The third kappa shape index (κ3) is 2.97. The standard InChI is InChI=1S/C17H14Cl2N2/c1-11-9-13(18)5-7-16(11)21-10-12-4-6-15(19)14-3-2-8-20-17(12)14/h2-9,21H,10H2,1H3. The average Bonchev–Trinajstić information content (AvgIpc) is 2.48. The van der Waals surface area contributed by atoms with Crippen LogP contribution in [0.2, 0.25) is 10.0 Å². The molecule has 0 aliphatic rings. The fourth-order valence-corrected chi connectivity index (χ4v) is 2.80. The summed E-state index contributed by atoms with van der Waals surface area (Å²) in [5.41, 5.74) is 4.24. The van der Waals surface area contributed by atoms with E-state index in [0.717, 1.165) is 37.8 Å². The van der Waals surface area contributed by atoms with E-state index in [-0.39, 0.29) is 0 Å². The van der Waals surface area contributed by atoms with Gasteiger partial charge in [-0.05, 0) is 54.4 Å². The van der Waals surface area contributed by atoms with E-state index >= 15 is 0 Å². The van der Waals surface area contributed by atoms with Gasteiger partial charge in [-0.25, -0.2) is 0 Å². The molecule has 1 N–H and O–H groups in total. The number of hydrogen-bond acceptors (Lipinski definition) is 2. The van der Waals surface area contributed by atoms with Crippen molar-refractivity contribution in [3.05, 3.63) is 69.8 Å². The summed E-state index contributed by atoms with van der Waals surface area (Å²) in [7, 11) is 0. The molecule has 4 heteroatoms. The molecule has 0 saturated carbocycles. The lowest BCUT2D eigenvalue weighted by Gasteiger charge is -2.12. The van der Waals surface area contributed by atoms with Gasteiger partial charge in [0.05, 0.1) is 5.52 Å². The molecule has 0 saturated heterocycles. The minimum Gasteiger partial charge on any atom is -0.381 e. The Kier molecular flexibility index (Phi) is 4.00. The van der Waals surface area contributed by atoms with Crippen LogP contribution in [0.1, 0.15) is 11.1 Å². The molecule has 0 aliphatic carbocycles. The normalized spacial score (nSPS) is 10.8. The van der Waals surface area contributed by atoms with Gasteiger partial charge in [-0.1, -0.05) is 29.3 Å². The Bertz CT molecular complexity index is 800. The van der Waals surface area contributed by atoms with Gasteiger partial charge in [-0.3, -0.25) is 4.98 Å². The number of rotatable bonds is 3. The highest BCUT2D eigenvalue weighted by Crippen LogP contribution is 2.26. The molecular weight excluding hydrogens is 303 g/mol. The summed E-state index contributed by atoms with van der Waals surface area (Å²) >= 11 is 12.2. The lowest BCUT2D eigenvalue weighted by Crippen LogP contribution is -2.02. The van der Waals surface area contributed by atoms with Crippen molar-refractivity contribution in [2.24, 2.45) is 0 Å². The number of aromatic nitrogens is 1. The van der Waals surface area contributed by atoms with Crippen molar-refractivity contribution in [2.75, 3.05) is 5.32 Å². The van der Waals surface area contributed by atoms with Crippen molar-refractivity contribution < 1.29 is 0 Å². The topological polar surface area (TPSA) is 24.9 Å². The average molecular weight is 317 g/mol. The molecule has 0 atom stereocenters. The highest BCUT2D eigenvalue weighted by atomic mass is 35.5. The molecule has 0 spiro atoms. The largest absolute Gasteiger partial charge is 0.381 e. The third-order valence-corrected chi connectivity index (χ3v) is 4.02. The fraction of sp³-hybridized carbons (Fsp3) is 0.118. The Hall–Kier alpha value is -1.77. The first-order chi connectivity index (χ1) is 10.1. The Morgan fingerprint density at radius 1 is 1.10 bits per heavy atom. The van der Waals surface area contributed by atoms with Crippen molar-refractivity contribution in [3.8, 4) is 0 Å². The lowest BCUT2D eigenvalue weighted by molar-refractivity contribution is 1.14. The van der Waals surface area contributed by atoms with E-state index < -0.39 is 0 Å². The van der Waals surface area contributed by atoms with Gasteiger partial charge in [-0.2, -0.15) is 0 Å². The van der Waals surface area contributed by atoms with Crippen LogP contribution in [0.15, 0.2) is 48.7 Å². The lowest BCUT2D eigenvalue weighted by atomic mass is 10.1. The van der Waals surface area contributed by atoms with Crippen molar-refractivity contribution in [1.82, 2.24) is 4.98 Å². The zero-order valence-corrected chi connectivity index (χ0v) is 13.0. The van der Waals surface area contributed by atoms with Gasteiger partial charge in [-0.15, -0.1) is 0 Å². The van der Waals surface area contributed by atoms with Gasteiger partial charge < -0.3 is 5.32 Å². The van der Waals surface area contributed by atoms with E-state index in [1.165, 1.54) is 0 Å². The molecular formula is C17H14Cl2N2. The maximum atomic E-state index is 6.21. The summed E-state index contributed by atoms with van der Waals surface area (Å²) < 4.78 is 0. The van der Waals surface area contributed by atoms with Crippen LogP contribution in [0.4, 0.5) is 5.69 Å². The van der Waals surface area contributed by atoms with Crippen molar-refractivity contribution in [1.29, 1.82) is 0 Å². The monoisotopic (exact) mass is 316 g/mol. The number of fused-ring (bicyclic) bond motifs is 1. The second-order valence-electron chi connectivity index (χ2n) is 4.92. The molecule has 1 heterocycles. The first kappa shape index (κ1) is 14.2. The Morgan fingerprint density at radius 3 is 2.76 bits per heavy atom. The van der Waals surface area contributed by atoms with Gasteiger partial charge in [0.2, 0.25) is 0 Å². The summed E-state index contributed by atoms with van der Waals surface area (Å²) in [6.07, 6.45) is 1.79. The minimum atomic E-state index is 0.688. The number of halogens is 2. The molecule has 1 aromatic heterocycles. The molecule has 0 fully saturated rings. The Morgan fingerprint density at radius 2 is 1.95 bits per heavy atom. The molecule has 2 nitrogen and oxygen atoms in total. The van der Waals surface area contributed by atoms with Crippen LogP contribution in [-0.2, 0) is 6.54 Å². The number of hydrogen-bond donors (Lipinski definition) is 1. The minimum absolute atomic E-state index is 0.688. The summed E-state index contributed by atoms with van der Waals surface area (Å²) in [6.45, 7) is 2.72. The second-order valence-corrected chi connectivity index (χ2v) is 5.76. The first-order valence-corrected chi connectivity index (χ1v) is 7.43. The molecule has 0 aliphatic heterocycles. The quantitative estimate of drug-likeness (QED) is 0.693. The zero-order chi connectivity index (χ0) is 14.8. The molecule has 3 aromatic rings. The SMILES string of the molecule is Cc1cc(Cl)ccc1NCc1ccc(Cl)c2cccnc12. The Labute approximate surface area is 133 Å². The molecule has 0 bridgehead atoms. The number of benzene rings is 2. The number of aryl methyl sites for hydroxylation is 1. The molecule has 0 amide bonds. The maximum Gasteiger partial charge on any atom is 0.0766 e. The smallest absolute Gasteiger partial charge is 0.0766 e. The van der Waals surface area contributed by atoms with Crippen LogP contribution < -0.4 is 5.32 Å². The summed E-state index contributed by atoms with van der Waals surface area (Å²) in [5, 5.41) is 5.88. The molecule has 2 aromatic carbocycles. The van der Waals surface area contributed by atoms with Crippen LogP contribution in [-0.4, -0.2) is 4.98 Å². The first-order valence-electron chi connectivity index (χ1n) is 6.67. The van der Waals surface area contributed by atoms with Crippen LogP contribution in [0, 0.1) is 6.92 Å². The third-order valence-electron chi connectivity index (χ3n) is 3.46. The summed E-state index contributed by atoms with van der Waals surface area (Å²) in [4.78, 5) is 4.45. The van der Waals surface area contributed by atoms with Crippen LogP contribution in [0.5, 0.6) is 0 Å².